The summed E-state index contributed by atoms with van der Waals surface area (Å²) in [5.74, 6) is -0.101. The molecule has 0 radical (unpaired) electrons. The van der Waals surface area contributed by atoms with Crippen molar-refractivity contribution in [3.63, 3.8) is 0 Å². The van der Waals surface area contributed by atoms with Crippen molar-refractivity contribution < 1.29 is 4.79 Å². The molecule has 1 amide bonds. The summed E-state index contributed by atoms with van der Waals surface area (Å²) >= 11 is 3.31. The fourth-order valence-corrected chi connectivity index (χ4v) is 4.71. The molecule has 0 bridgehead atoms. The van der Waals surface area contributed by atoms with E-state index in [4.69, 9.17) is 0 Å². The van der Waals surface area contributed by atoms with E-state index in [1.807, 2.05) is 6.92 Å². The van der Waals surface area contributed by atoms with Crippen LogP contribution < -0.4 is 10.9 Å². The van der Waals surface area contributed by atoms with E-state index in [2.05, 4.69) is 21.2 Å². The van der Waals surface area contributed by atoms with E-state index in [0.29, 0.717) is 15.6 Å². The number of carbonyl (C=O) groups excluding carboxylic acids is 1. The zero-order chi connectivity index (χ0) is 13.4. The van der Waals surface area contributed by atoms with Gasteiger partial charge in [-0.2, -0.15) is 0 Å². The van der Waals surface area contributed by atoms with Gasteiger partial charge in [0.1, 0.15) is 11.4 Å². The number of aromatic nitrogens is 1. The quantitative estimate of drug-likeness (QED) is 0.796. The van der Waals surface area contributed by atoms with Crippen molar-refractivity contribution in [1.82, 2.24) is 9.88 Å². The van der Waals surface area contributed by atoms with Gasteiger partial charge < -0.3 is 5.32 Å². The minimum absolute atomic E-state index is 0.0897. The summed E-state index contributed by atoms with van der Waals surface area (Å²) in [6.45, 7) is 1.88. The molecule has 0 unspecified atom stereocenters. The number of hydrogen-bond donors (Lipinski definition) is 1. The van der Waals surface area contributed by atoms with Gasteiger partial charge in [-0.15, -0.1) is 0 Å². The van der Waals surface area contributed by atoms with Gasteiger partial charge >= 0.3 is 0 Å². The number of pyridine rings is 1. The molecule has 2 fully saturated rings. The molecular formula is C14H15BrN2O2. The Hall–Kier alpha value is -1.10. The summed E-state index contributed by atoms with van der Waals surface area (Å²) in [5, 5.41) is 3.07. The third-order valence-corrected chi connectivity index (χ3v) is 5.65. The topological polar surface area (TPSA) is 51.1 Å². The van der Waals surface area contributed by atoms with Gasteiger partial charge in [-0.3, -0.25) is 14.2 Å². The van der Waals surface area contributed by atoms with E-state index in [-0.39, 0.29) is 11.5 Å². The van der Waals surface area contributed by atoms with Crippen LogP contribution in [0, 0.1) is 12.3 Å². The number of carbonyl (C=O) groups is 1. The smallest absolute Gasteiger partial charge is 0.270 e. The van der Waals surface area contributed by atoms with E-state index in [0.717, 1.165) is 18.4 Å². The standard InChI is InChI=1S/C14H15BrN2O2/c1-8-5-9(15)12(19)17-10(8)11(18)16-14(17)6-13(7-14)3-2-4-13/h5H,2-4,6-7H2,1H3,(H,16,18). The van der Waals surface area contributed by atoms with Gasteiger partial charge in [-0.1, -0.05) is 6.42 Å². The van der Waals surface area contributed by atoms with Gasteiger partial charge in [0.2, 0.25) is 0 Å². The number of aryl methyl sites for hydroxylation is 1. The molecule has 2 saturated carbocycles. The van der Waals surface area contributed by atoms with Crippen LogP contribution in [0.5, 0.6) is 0 Å². The first-order valence-electron chi connectivity index (χ1n) is 6.72. The Morgan fingerprint density at radius 1 is 1.32 bits per heavy atom. The number of rotatable bonds is 0. The van der Waals surface area contributed by atoms with Crippen molar-refractivity contribution in [1.29, 1.82) is 0 Å². The molecule has 19 heavy (non-hydrogen) atoms. The molecule has 1 N–H and O–H groups in total. The van der Waals surface area contributed by atoms with E-state index in [1.165, 1.54) is 19.3 Å². The Morgan fingerprint density at radius 3 is 2.58 bits per heavy atom. The molecular weight excluding hydrogens is 308 g/mol. The van der Waals surface area contributed by atoms with Gasteiger partial charge in [0.25, 0.3) is 11.5 Å². The number of amides is 1. The number of fused-ring (bicyclic) bond motifs is 2. The van der Waals surface area contributed by atoms with Crippen LogP contribution in [0.4, 0.5) is 0 Å². The number of nitrogens with zero attached hydrogens (tertiary/aromatic N) is 1. The van der Waals surface area contributed by atoms with Crippen molar-refractivity contribution in [2.24, 2.45) is 5.41 Å². The van der Waals surface area contributed by atoms with Crippen LogP contribution in [-0.2, 0) is 5.66 Å². The summed E-state index contributed by atoms with van der Waals surface area (Å²) < 4.78 is 2.25. The first kappa shape index (κ1) is 11.7. The zero-order valence-corrected chi connectivity index (χ0v) is 12.3. The Labute approximate surface area is 119 Å². The second-order valence-electron chi connectivity index (χ2n) is 6.36. The molecule has 0 atom stereocenters. The lowest BCUT2D eigenvalue weighted by atomic mass is 9.51. The lowest BCUT2D eigenvalue weighted by molar-refractivity contribution is -0.0938. The molecule has 2 heterocycles. The highest BCUT2D eigenvalue weighted by atomic mass is 79.9. The van der Waals surface area contributed by atoms with E-state index in [9.17, 15) is 9.59 Å². The third kappa shape index (κ3) is 1.29. The highest BCUT2D eigenvalue weighted by Crippen LogP contribution is 2.63. The minimum Gasteiger partial charge on any atom is -0.327 e. The summed E-state index contributed by atoms with van der Waals surface area (Å²) in [4.78, 5) is 24.6. The highest BCUT2D eigenvalue weighted by Gasteiger charge is 2.62. The largest absolute Gasteiger partial charge is 0.327 e. The Morgan fingerprint density at radius 2 is 2.00 bits per heavy atom. The first-order valence-corrected chi connectivity index (χ1v) is 7.51. The zero-order valence-electron chi connectivity index (χ0n) is 10.8. The maximum absolute atomic E-state index is 12.4. The fourth-order valence-electron chi connectivity index (χ4n) is 4.19. The fraction of sp³-hybridized carbons (Fsp3) is 0.571. The molecule has 2 spiro atoms. The van der Waals surface area contributed by atoms with E-state index >= 15 is 0 Å². The van der Waals surface area contributed by atoms with E-state index in [1.54, 1.807) is 10.6 Å². The average molecular weight is 323 g/mol. The van der Waals surface area contributed by atoms with Crippen LogP contribution in [0.1, 0.15) is 48.2 Å². The predicted molar refractivity (Wildman–Crippen MR) is 74.1 cm³/mol. The Balaban J connectivity index is 1.89. The molecule has 100 valence electrons. The van der Waals surface area contributed by atoms with Crippen molar-refractivity contribution in [3.05, 3.63) is 32.2 Å². The van der Waals surface area contributed by atoms with Crippen LogP contribution in [-0.4, -0.2) is 10.5 Å². The van der Waals surface area contributed by atoms with Gasteiger partial charge in [-0.05, 0) is 65.6 Å². The molecule has 1 aromatic heterocycles. The van der Waals surface area contributed by atoms with E-state index < -0.39 is 5.66 Å². The second-order valence-corrected chi connectivity index (χ2v) is 7.21. The van der Waals surface area contributed by atoms with Crippen molar-refractivity contribution in [2.75, 3.05) is 0 Å². The first-order chi connectivity index (χ1) is 8.96. The van der Waals surface area contributed by atoms with Gasteiger partial charge in [-0.25, -0.2) is 0 Å². The summed E-state index contributed by atoms with van der Waals surface area (Å²) in [5.41, 5.74) is 1.26. The molecule has 5 heteroatoms. The van der Waals surface area contributed by atoms with Crippen LogP contribution in [0.25, 0.3) is 0 Å². The van der Waals surface area contributed by atoms with Crippen LogP contribution >= 0.6 is 15.9 Å². The highest BCUT2D eigenvalue weighted by molar-refractivity contribution is 9.10. The summed E-state index contributed by atoms with van der Waals surface area (Å²) in [7, 11) is 0. The molecule has 1 aromatic rings. The molecule has 0 aromatic carbocycles. The van der Waals surface area contributed by atoms with Gasteiger partial charge in [0, 0.05) is 0 Å². The lowest BCUT2D eigenvalue weighted by Crippen LogP contribution is -2.63. The van der Waals surface area contributed by atoms with Crippen LogP contribution in [0.3, 0.4) is 0 Å². The third-order valence-electron chi connectivity index (χ3n) is 5.09. The van der Waals surface area contributed by atoms with Gasteiger partial charge in [0.15, 0.2) is 0 Å². The lowest BCUT2D eigenvalue weighted by Gasteiger charge is -2.59. The van der Waals surface area contributed by atoms with Crippen molar-refractivity contribution >= 4 is 21.8 Å². The predicted octanol–water partition coefficient (Wildman–Crippen LogP) is 2.28. The number of halogens is 1. The minimum atomic E-state index is -0.446. The summed E-state index contributed by atoms with van der Waals surface area (Å²) in [6, 6.07) is 1.74. The number of nitrogens with one attached hydrogen (secondary N) is 1. The maximum atomic E-state index is 12.4. The second kappa shape index (κ2) is 3.32. The van der Waals surface area contributed by atoms with Crippen molar-refractivity contribution in [3.8, 4) is 0 Å². The normalized spacial score (nSPS) is 24.8. The monoisotopic (exact) mass is 322 g/mol. The maximum Gasteiger partial charge on any atom is 0.270 e. The molecule has 4 nitrogen and oxygen atoms in total. The van der Waals surface area contributed by atoms with Crippen molar-refractivity contribution in [2.45, 2.75) is 44.7 Å². The van der Waals surface area contributed by atoms with Gasteiger partial charge in [0.05, 0.1) is 4.47 Å². The molecule has 2 aliphatic carbocycles. The van der Waals surface area contributed by atoms with Crippen LogP contribution in [0.2, 0.25) is 0 Å². The Bertz CT molecular complexity index is 665. The van der Waals surface area contributed by atoms with Crippen LogP contribution in [0.15, 0.2) is 15.3 Å². The Kier molecular flexibility index (Phi) is 2.04. The average Bonchev–Trinajstić information content (AvgIpc) is 2.55. The molecule has 1 aliphatic heterocycles. The molecule has 0 saturated heterocycles. The molecule has 3 aliphatic rings. The summed E-state index contributed by atoms with van der Waals surface area (Å²) in [6.07, 6.45) is 5.58. The SMILES string of the molecule is Cc1cc(Br)c(=O)n2c1C(=O)NC21CC2(CCC2)C1. The molecule has 4 rings (SSSR count). The number of hydrogen-bond acceptors (Lipinski definition) is 2.